The summed E-state index contributed by atoms with van der Waals surface area (Å²) in [5, 5.41) is 2.44. The smallest absolute Gasteiger partial charge is 0.406 e. The molecule has 1 saturated carbocycles. The van der Waals surface area contributed by atoms with E-state index >= 15 is 0 Å². The summed E-state index contributed by atoms with van der Waals surface area (Å²) in [6.07, 6.45) is 8.86. The van der Waals surface area contributed by atoms with Crippen molar-refractivity contribution < 1.29 is 9.53 Å². The van der Waals surface area contributed by atoms with Crippen LogP contribution in [-0.2, 0) is 4.74 Å². The van der Waals surface area contributed by atoms with E-state index in [0.29, 0.717) is 6.61 Å². The second-order valence-electron chi connectivity index (χ2n) is 4.03. The van der Waals surface area contributed by atoms with Gasteiger partial charge >= 0.3 is 6.09 Å². The monoisotopic (exact) mass is 199 g/mol. The van der Waals surface area contributed by atoms with Crippen LogP contribution < -0.4 is 5.32 Å². The predicted molar refractivity (Wildman–Crippen MR) is 56.2 cm³/mol. The quantitative estimate of drug-likeness (QED) is 0.707. The second kappa shape index (κ2) is 6.68. The molecule has 1 N–H and O–H groups in total. The molecule has 1 aliphatic rings. The summed E-state index contributed by atoms with van der Waals surface area (Å²) < 4.78 is 4.93. The molecule has 0 spiro atoms. The topological polar surface area (TPSA) is 38.3 Å². The lowest BCUT2D eigenvalue weighted by molar-refractivity contribution is 0.143. The van der Waals surface area contributed by atoms with Crippen molar-refractivity contribution in [3.8, 4) is 0 Å². The third-order valence-electron chi connectivity index (χ3n) is 2.92. The Bertz CT molecular complexity index is 165. The summed E-state index contributed by atoms with van der Waals surface area (Å²) >= 11 is 0. The first-order chi connectivity index (χ1) is 6.83. The van der Waals surface area contributed by atoms with E-state index in [9.17, 15) is 4.79 Å². The third kappa shape index (κ3) is 4.49. The van der Waals surface area contributed by atoms with Crippen molar-refractivity contribution >= 4 is 6.09 Å². The van der Waals surface area contributed by atoms with Crippen molar-refractivity contribution in [3.63, 3.8) is 0 Å². The molecule has 1 aliphatic carbocycles. The zero-order chi connectivity index (χ0) is 10.2. The van der Waals surface area contributed by atoms with Crippen molar-refractivity contribution in [2.75, 3.05) is 13.7 Å². The number of carbonyl (C=O) groups excluding carboxylic acids is 1. The number of hydrogen-bond donors (Lipinski definition) is 1. The Labute approximate surface area is 86.2 Å². The van der Waals surface area contributed by atoms with Crippen molar-refractivity contribution in [1.82, 2.24) is 5.32 Å². The Morgan fingerprint density at radius 3 is 2.71 bits per heavy atom. The van der Waals surface area contributed by atoms with Crippen LogP contribution in [0.3, 0.4) is 0 Å². The minimum Gasteiger partial charge on any atom is -0.450 e. The molecule has 0 bridgehead atoms. The van der Waals surface area contributed by atoms with Gasteiger partial charge in [-0.25, -0.2) is 4.79 Å². The number of alkyl carbamates (subject to hydrolysis) is 1. The second-order valence-corrected chi connectivity index (χ2v) is 4.03. The molecular formula is C11H21NO2. The highest BCUT2D eigenvalue weighted by atomic mass is 16.5. The van der Waals surface area contributed by atoms with Gasteiger partial charge in [-0.2, -0.15) is 0 Å². The molecule has 0 aromatic heterocycles. The lowest BCUT2D eigenvalue weighted by atomic mass is 9.86. The standard InChI is InChI=1S/C11H21NO2/c1-12-11(13)14-9-5-8-10-6-3-2-4-7-10/h10H,2-9H2,1H3,(H,12,13). The average molecular weight is 199 g/mol. The number of carbonyl (C=O) groups is 1. The van der Waals surface area contributed by atoms with E-state index in [1.807, 2.05) is 0 Å². The highest BCUT2D eigenvalue weighted by Gasteiger charge is 2.12. The number of hydrogen-bond acceptors (Lipinski definition) is 2. The van der Waals surface area contributed by atoms with Gasteiger partial charge in [0.05, 0.1) is 6.61 Å². The molecule has 0 aromatic carbocycles. The molecule has 0 aliphatic heterocycles. The van der Waals surface area contributed by atoms with Crippen LogP contribution in [0.2, 0.25) is 0 Å². The maximum absolute atomic E-state index is 10.7. The maximum Gasteiger partial charge on any atom is 0.406 e. The van der Waals surface area contributed by atoms with Crippen molar-refractivity contribution in [3.05, 3.63) is 0 Å². The molecule has 14 heavy (non-hydrogen) atoms. The zero-order valence-corrected chi connectivity index (χ0v) is 9.05. The van der Waals surface area contributed by atoms with Crippen LogP contribution in [-0.4, -0.2) is 19.7 Å². The fourth-order valence-corrected chi connectivity index (χ4v) is 2.08. The fourth-order valence-electron chi connectivity index (χ4n) is 2.08. The van der Waals surface area contributed by atoms with Crippen LogP contribution in [0.15, 0.2) is 0 Å². The van der Waals surface area contributed by atoms with Gasteiger partial charge in [-0.1, -0.05) is 32.1 Å². The molecule has 3 heteroatoms. The van der Waals surface area contributed by atoms with Gasteiger partial charge < -0.3 is 10.1 Å². The minimum absolute atomic E-state index is 0.311. The van der Waals surface area contributed by atoms with E-state index in [2.05, 4.69) is 5.32 Å². The van der Waals surface area contributed by atoms with Crippen LogP contribution in [0.5, 0.6) is 0 Å². The summed E-state index contributed by atoms with van der Waals surface area (Å²) in [4.78, 5) is 10.7. The minimum atomic E-state index is -0.311. The molecule has 1 fully saturated rings. The van der Waals surface area contributed by atoms with E-state index < -0.39 is 0 Å². The molecule has 0 aromatic rings. The molecule has 3 nitrogen and oxygen atoms in total. The van der Waals surface area contributed by atoms with Gasteiger partial charge in [0.1, 0.15) is 0 Å². The SMILES string of the molecule is CNC(=O)OCCCC1CCCCC1. The Balaban J connectivity index is 1.94. The normalized spacial score (nSPS) is 17.8. The fraction of sp³-hybridized carbons (Fsp3) is 0.909. The summed E-state index contributed by atoms with van der Waals surface area (Å²) in [7, 11) is 1.59. The van der Waals surface area contributed by atoms with Crippen LogP contribution in [0.25, 0.3) is 0 Å². The Morgan fingerprint density at radius 2 is 2.07 bits per heavy atom. The van der Waals surface area contributed by atoms with E-state index in [1.165, 1.54) is 38.5 Å². The van der Waals surface area contributed by atoms with Crippen molar-refractivity contribution in [2.24, 2.45) is 5.92 Å². The van der Waals surface area contributed by atoms with E-state index in [0.717, 1.165) is 12.3 Å². The summed E-state index contributed by atoms with van der Waals surface area (Å²) in [6, 6.07) is 0. The molecular weight excluding hydrogens is 178 g/mol. The van der Waals surface area contributed by atoms with Crippen molar-refractivity contribution in [2.45, 2.75) is 44.9 Å². The van der Waals surface area contributed by atoms with E-state index in [1.54, 1.807) is 7.05 Å². The molecule has 0 radical (unpaired) electrons. The Morgan fingerprint density at radius 1 is 1.36 bits per heavy atom. The zero-order valence-electron chi connectivity index (χ0n) is 9.05. The van der Waals surface area contributed by atoms with Gasteiger partial charge in [-0.05, 0) is 18.8 Å². The summed E-state index contributed by atoms with van der Waals surface area (Å²) in [6.45, 7) is 0.566. The lowest BCUT2D eigenvalue weighted by Crippen LogP contribution is -2.20. The lowest BCUT2D eigenvalue weighted by Gasteiger charge is -2.21. The number of nitrogens with one attached hydrogen (secondary N) is 1. The van der Waals surface area contributed by atoms with Gasteiger partial charge in [0.25, 0.3) is 0 Å². The van der Waals surface area contributed by atoms with Gasteiger partial charge in [-0.15, -0.1) is 0 Å². The number of rotatable bonds is 4. The van der Waals surface area contributed by atoms with E-state index in [-0.39, 0.29) is 6.09 Å². The van der Waals surface area contributed by atoms with Gasteiger partial charge in [0, 0.05) is 7.05 Å². The third-order valence-corrected chi connectivity index (χ3v) is 2.92. The maximum atomic E-state index is 10.7. The molecule has 0 unspecified atom stereocenters. The first-order valence-corrected chi connectivity index (χ1v) is 5.67. The van der Waals surface area contributed by atoms with Crippen molar-refractivity contribution in [1.29, 1.82) is 0 Å². The predicted octanol–water partition coefficient (Wildman–Crippen LogP) is 2.70. The van der Waals surface area contributed by atoms with E-state index in [4.69, 9.17) is 4.74 Å². The Hall–Kier alpha value is -0.730. The highest BCUT2D eigenvalue weighted by Crippen LogP contribution is 2.27. The van der Waals surface area contributed by atoms with Crippen LogP contribution in [0, 0.1) is 5.92 Å². The number of ether oxygens (including phenoxy) is 1. The molecule has 0 atom stereocenters. The van der Waals surface area contributed by atoms with Crippen LogP contribution in [0.1, 0.15) is 44.9 Å². The van der Waals surface area contributed by atoms with Crippen LogP contribution >= 0.6 is 0 Å². The summed E-state index contributed by atoms with van der Waals surface area (Å²) in [5.74, 6) is 0.886. The molecule has 0 saturated heterocycles. The van der Waals surface area contributed by atoms with Gasteiger partial charge in [0.15, 0.2) is 0 Å². The molecule has 1 rings (SSSR count). The van der Waals surface area contributed by atoms with Gasteiger partial charge in [-0.3, -0.25) is 0 Å². The first kappa shape index (κ1) is 11.3. The molecule has 82 valence electrons. The Kier molecular flexibility index (Phi) is 5.42. The van der Waals surface area contributed by atoms with Crippen LogP contribution in [0.4, 0.5) is 4.79 Å². The first-order valence-electron chi connectivity index (χ1n) is 5.67. The van der Waals surface area contributed by atoms with Gasteiger partial charge in [0.2, 0.25) is 0 Å². The largest absolute Gasteiger partial charge is 0.450 e. The summed E-state index contributed by atoms with van der Waals surface area (Å²) in [5.41, 5.74) is 0. The molecule has 0 heterocycles. The molecule has 1 amide bonds. The average Bonchev–Trinajstić information content (AvgIpc) is 2.25. The highest BCUT2D eigenvalue weighted by molar-refractivity contribution is 5.66. The number of amides is 1.